The second-order valence-corrected chi connectivity index (χ2v) is 11.0. The van der Waals surface area contributed by atoms with Crippen LogP contribution in [0.25, 0.3) is 10.8 Å². The van der Waals surface area contributed by atoms with E-state index in [-0.39, 0.29) is 5.82 Å². The molecule has 1 saturated carbocycles. The van der Waals surface area contributed by atoms with E-state index in [0.717, 1.165) is 35.6 Å². The van der Waals surface area contributed by atoms with Gasteiger partial charge in [-0.1, -0.05) is 120 Å². The van der Waals surface area contributed by atoms with Crippen molar-refractivity contribution in [1.82, 2.24) is 0 Å². The Labute approximate surface area is 218 Å². The molecule has 0 saturated heterocycles. The minimum Gasteiger partial charge on any atom is -0.205 e. The fourth-order valence-electron chi connectivity index (χ4n) is 5.74. The van der Waals surface area contributed by atoms with Crippen molar-refractivity contribution < 1.29 is 4.39 Å². The third-order valence-electron chi connectivity index (χ3n) is 8.16. The molecule has 3 aromatic rings. The smallest absolute Gasteiger partial charge is 0.146 e. The number of halogens is 1. The van der Waals surface area contributed by atoms with Gasteiger partial charge in [0.15, 0.2) is 0 Å². The van der Waals surface area contributed by atoms with E-state index in [4.69, 9.17) is 0 Å². The minimum absolute atomic E-state index is 0.201. The molecular formula is C35H43F. The Morgan fingerprint density at radius 2 is 1.39 bits per heavy atom. The first-order chi connectivity index (χ1) is 17.7. The molecule has 0 N–H and O–H groups in total. The molecule has 1 heteroatoms. The minimum atomic E-state index is -0.201. The van der Waals surface area contributed by atoms with Gasteiger partial charge < -0.3 is 0 Å². The number of fused-ring (bicyclic) bond motifs is 1. The van der Waals surface area contributed by atoms with Crippen LogP contribution < -0.4 is 0 Å². The summed E-state index contributed by atoms with van der Waals surface area (Å²) >= 11 is 0. The van der Waals surface area contributed by atoms with Gasteiger partial charge in [-0.2, -0.15) is 0 Å². The molecule has 0 bridgehead atoms. The summed E-state index contributed by atoms with van der Waals surface area (Å²) in [7, 11) is 0. The maximum absolute atomic E-state index is 15.2. The quantitative estimate of drug-likeness (QED) is 0.199. The van der Waals surface area contributed by atoms with Crippen molar-refractivity contribution in [3.8, 4) is 11.8 Å². The number of aryl methyl sites for hydroxylation is 2. The molecule has 190 valence electrons. The highest BCUT2D eigenvalue weighted by molar-refractivity contribution is 5.85. The van der Waals surface area contributed by atoms with Crippen LogP contribution in [0.2, 0.25) is 0 Å². The summed E-state index contributed by atoms with van der Waals surface area (Å²) in [6, 6.07) is 18.5. The van der Waals surface area contributed by atoms with Crippen molar-refractivity contribution in [3.63, 3.8) is 0 Å². The summed E-state index contributed by atoms with van der Waals surface area (Å²) in [4.78, 5) is 0. The molecule has 0 heterocycles. The highest BCUT2D eigenvalue weighted by Gasteiger charge is 2.20. The molecular weight excluding hydrogens is 439 g/mol. The van der Waals surface area contributed by atoms with Gasteiger partial charge in [0.05, 0.1) is 5.56 Å². The van der Waals surface area contributed by atoms with Gasteiger partial charge in [-0.15, -0.1) is 0 Å². The molecule has 0 aliphatic heterocycles. The average molecular weight is 483 g/mol. The third kappa shape index (κ3) is 7.46. The second-order valence-electron chi connectivity index (χ2n) is 11.0. The Morgan fingerprint density at radius 1 is 0.694 bits per heavy atom. The van der Waals surface area contributed by atoms with Gasteiger partial charge in [0.2, 0.25) is 0 Å². The first-order valence-corrected chi connectivity index (χ1v) is 14.5. The third-order valence-corrected chi connectivity index (χ3v) is 8.16. The van der Waals surface area contributed by atoms with Crippen LogP contribution in [0.5, 0.6) is 0 Å². The summed E-state index contributed by atoms with van der Waals surface area (Å²) in [5, 5.41) is 1.66. The number of benzene rings is 3. The Hall–Kier alpha value is -2.59. The van der Waals surface area contributed by atoms with E-state index >= 15 is 4.39 Å². The van der Waals surface area contributed by atoms with E-state index in [2.05, 4.69) is 62.1 Å². The summed E-state index contributed by atoms with van der Waals surface area (Å²) in [5.74, 6) is 7.85. The Morgan fingerprint density at radius 3 is 2.11 bits per heavy atom. The highest BCUT2D eigenvalue weighted by Crippen LogP contribution is 2.34. The molecule has 0 atom stereocenters. The summed E-state index contributed by atoms with van der Waals surface area (Å²) in [6.07, 6.45) is 17.0. The molecule has 1 fully saturated rings. The molecule has 1 aliphatic carbocycles. The summed E-state index contributed by atoms with van der Waals surface area (Å²) in [5.41, 5.74) is 4.08. The van der Waals surface area contributed by atoms with Crippen LogP contribution in [0, 0.1) is 29.5 Å². The SMILES string of the molecule is CCCCCc1ccc(C#Cc2ccc3cc(CCC4CCC(CCCC)CC4)ccc3c2F)cc1. The Bertz CT molecular complexity index is 1150. The monoisotopic (exact) mass is 482 g/mol. The maximum atomic E-state index is 15.2. The lowest BCUT2D eigenvalue weighted by Crippen LogP contribution is -2.15. The lowest BCUT2D eigenvalue weighted by molar-refractivity contribution is 0.250. The molecule has 0 amide bonds. The van der Waals surface area contributed by atoms with Crippen molar-refractivity contribution in [2.75, 3.05) is 0 Å². The van der Waals surface area contributed by atoms with Gasteiger partial charge in [-0.25, -0.2) is 4.39 Å². The zero-order valence-corrected chi connectivity index (χ0v) is 22.4. The lowest BCUT2D eigenvalue weighted by atomic mass is 9.78. The predicted molar refractivity (Wildman–Crippen MR) is 153 cm³/mol. The molecule has 0 unspecified atom stereocenters. The molecule has 0 nitrogen and oxygen atoms in total. The fraction of sp³-hybridized carbons (Fsp3) is 0.486. The van der Waals surface area contributed by atoms with Crippen molar-refractivity contribution in [1.29, 1.82) is 0 Å². The second kappa shape index (κ2) is 13.6. The van der Waals surface area contributed by atoms with Gasteiger partial charge in [-0.05, 0) is 72.2 Å². The van der Waals surface area contributed by atoms with E-state index in [1.807, 2.05) is 18.2 Å². The van der Waals surface area contributed by atoms with Gasteiger partial charge in [0.1, 0.15) is 5.82 Å². The van der Waals surface area contributed by atoms with E-state index in [9.17, 15) is 0 Å². The van der Waals surface area contributed by atoms with Gasteiger partial charge in [0, 0.05) is 10.9 Å². The number of hydrogen-bond donors (Lipinski definition) is 0. The summed E-state index contributed by atoms with van der Waals surface area (Å²) in [6.45, 7) is 4.52. The van der Waals surface area contributed by atoms with Crippen LogP contribution in [0.1, 0.15) is 107 Å². The molecule has 36 heavy (non-hydrogen) atoms. The highest BCUT2D eigenvalue weighted by atomic mass is 19.1. The normalized spacial score (nSPS) is 17.6. The van der Waals surface area contributed by atoms with Crippen LogP contribution in [0.15, 0.2) is 54.6 Å². The average Bonchev–Trinajstić information content (AvgIpc) is 2.92. The molecule has 0 aromatic heterocycles. The Kier molecular flexibility index (Phi) is 10.0. The van der Waals surface area contributed by atoms with E-state index < -0.39 is 0 Å². The molecule has 1 aliphatic rings. The molecule has 3 aromatic carbocycles. The number of hydrogen-bond acceptors (Lipinski definition) is 0. The zero-order chi connectivity index (χ0) is 25.2. The topological polar surface area (TPSA) is 0 Å². The van der Waals surface area contributed by atoms with Crippen molar-refractivity contribution in [2.45, 2.75) is 97.3 Å². The van der Waals surface area contributed by atoms with Gasteiger partial charge in [-0.3, -0.25) is 0 Å². The first kappa shape index (κ1) is 26.5. The van der Waals surface area contributed by atoms with Crippen LogP contribution in [0.3, 0.4) is 0 Å². The van der Waals surface area contributed by atoms with E-state index in [0.29, 0.717) is 10.9 Å². The van der Waals surface area contributed by atoms with Crippen LogP contribution in [0.4, 0.5) is 4.39 Å². The van der Waals surface area contributed by atoms with Crippen LogP contribution in [-0.4, -0.2) is 0 Å². The van der Waals surface area contributed by atoms with Crippen LogP contribution >= 0.6 is 0 Å². The Balaban J connectivity index is 1.35. The zero-order valence-electron chi connectivity index (χ0n) is 22.4. The predicted octanol–water partition coefficient (Wildman–Crippen LogP) is 10.0. The molecule has 0 radical (unpaired) electrons. The lowest BCUT2D eigenvalue weighted by Gasteiger charge is -2.28. The largest absolute Gasteiger partial charge is 0.205 e. The number of rotatable bonds is 10. The van der Waals surface area contributed by atoms with Crippen molar-refractivity contribution >= 4 is 10.8 Å². The standard InChI is InChI=1S/C35H43F/c1-3-5-7-9-28-12-16-30(17-13-28)20-22-32-23-24-33-26-31(21-25-34(33)35(32)36)19-18-29-14-10-27(11-15-29)8-6-4-2/h12-13,16-17,21,23-27,29H,3-11,14-15,18-19H2,1-2H3. The van der Waals surface area contributed by atoms with Crippen LogP contribution in [-0.2, 0) is 12.8 Å². The van der Waals surface area contributed by atoms with Crippen molar-refractivity contribution in [3.05, 3.63) is 82.7 Å². The molecule has 4 rings (SSSR count). The first-order valence-electron chi connectivity index (χ1n) is 14.5. The molecule has 0 spiro atoms. The van der Waals surface area contributed by atoms with Gasteiger partial charge in [0.25, 0.3) is 0 Å². The summed E-state index contributed by atoms with van der Waals surface area (Å²) < 4.78 is 15.2. The van der Waals surface area contributed by atoms with Gasteiger partial charge >= 0.3 is 0 Å². The maximum Gasteiger partial charge on any atom is 0.146 e. The fourth-order valence-corrected chi connectivity index (χ4v) is 5.74. The van der Waals surface area contributed by atoms with E-state index in [1.165, 1.54) is 81.8 Å². The van der Waals surface area contributed by atoms with E-state index in [1.54, 1.807) is 0 Å². The number of unbranched alkanes of at least 4 members (excludes halogenated alkanes) is 3. The van der Waals surface area contributed by atoms with Crippen molar-refractivity contribution in [2.24, 2.45) is 11.8 Å².